The standard InChI is InChI=1S/C17H13NO6/c19-16(13-4-2-5-14(10-13)18(22)23)11-24-15-6-1-3-12(9-15)7-8-17(20)21/h1-10H,11H2,(H,20,21)/b8-7+. The van der Waals surface area contributed by atoms with Gasteiger partial charge in [-0.05, 0) is 23.8 Å². The molecule has 7 nitrogen and oxygen atoms in total. The minimum absolute atomic E-state index is 0.165. The Morgan fingerprint density at radius 2 is 1.92 bits per heavy atom. The van der Waals surface area contributed by atoms with E-state index in [0.29, 0.717) is 11.3 Å². The van der Waals surface area contributed by atoms with E-state index in [9.17, 15) is 19.7 Å². The molecule has 0 aliphatic rings. The molecule has 122 valence electrons. The third kappa shape index (κ3) is 4.77. The third-order valence-corrected chi connectivity index (χ3v) is 3.03. The fourth-order valence-electron chi connectivity index (χ4n) is 1.90. The van der Waals surface area contributed by atoms with Crippen LogP contribution >= 0.6 is 0 Å². The molecule has 24 heavy (non-hydrogen) atoms. The van der Waals surface area contributed by atoms with Gasteiger partial charge in [-0.3, -0.25) is 14.9 Å². The van der Waals surface area contributed by atoms with Gasteiger partial charge in [0.15, 0.2) is 12.4 Å². The molecule has 0 radical (unpaired) electrons. The summed E-state index contributed by atoms with van der Waals surface area (Å²) in [5.74, 6) is -1.08. The Morgan fingerprint density at radius 1 is 1.17 bits per heavy atom. The van der Waals surface area contributed by atoms with Crippen molar-refractivity contribution in [2.75, 3.05) is 6.61 Å². The SMILES string of the molecule is O=C(O)/C=C/c1cccc(OCC(=O)c2cccc([N+](=O)[O-])c2)c1. The molecule has 2 aromatic carbocycles. The maximum atomic E-state index is 12.1. The van der Waals surface area contributed by atoms with Crippen LogP contribution in [0.4, 0.5) is 5.69 Å². The van der Waals surface area contributed by atoms with Gasteiger partial charge in [0, 0.05) is 23.8 Å². The summed E-state index contributed by atoms with van der Waals surface area (Å²) in [7, 11) is 0. The first kappa shape index (κ1) is 16.9. The summed E-state index contributed by atoms with van der Waals surface area (Å²) in [5, 5.41) is 19.3. The van der Waals surface area contributed by atoms with E-state index in [4.69, 9.17) is 9.84 Å². The number of carbonyl (C=O) groups is 2. The van der Waals surface area contributed by atoms with Crippen molar-refractivity contribution in [1.29, 1.82) is 0 Å². The average Bonchev–Trinajstić information content (AvgIpc) is 2.58. The quantitative estimate of drug-likeness (QED) is 0.362. The largest absolute Gasteiger partial charge is 0.485 e. The van der Waals surface area contributed by atoms with Crippen molar-refractivity contribution in [3.63, 3.8) is 0 Å². The van der Waals surface area contributed by atoms with Gasteiger partial charge in [0.2, 0.25) is 0 Å². The number of nitro groups is 1. The Labute approximate surface area is 137 Å². The molecule has 0 amide bonds. The van der Waals surface area contributed by atoms with Crippen LogP contribution in [0.25, 0.3) is 6.08 Å². The first-order chi connectivity index (χ1) is 11.5. The first-order valence-electron chi connectivity index (χ1n) is 6.87. The number of nitro benzene ring substituents is 1. The zero-order valence-electron chi connectivity index (χ0n) is 12.4. The molecule has 0 aliphatic carbocycles. The Balaban J connectivity index is 2.04. The van der Waals surface area contributed by atoms with Gasteiger partial charge < -0.3 is 9.84 Å². The van der Waals surface area contributed by atoms with Crippen molar-refractivity contribution in [1.82, 2.24) is 0 Å². The number of carboxylic acids is 1. The van der Waals surface area contributed by atoms with Gasteiger partial charge in [0.1, 0.15) is 5.75 Å². The van der Waals surface area contributed by atoms with Crippen LogP contribution < -0.4 is 4.74 Å². The molecule has 0 spiro atoms. The van der Waals surface area contributed by atoms with Crippen LogP contribution in [-0.2, 0) is 4.79 Å². The zero-order valence-corrected chi connectivity index (χ0v) is 12.4. The lowest BCUT2D eigenvalue weighted by Gasteiger charge is -2.06. The second kappa shape index (κ2) is 7.68. The number of nitrogens with zero attached hydrogens (tertiary/aromatic N) is 1. The highest BCUT2D eigenvalue weighted by atomic mass is 16.6. The highest BCUT2D eigenvalue weighted by Crippen LogP contribution is 2.17. The summed E-state index contributed by atoms with van der Waals surface area (Å²) in [6.07, 6.45) is 2.39. The Bertz CT molecular complexity index is 812. The molecular weight excluding hydrogens is 314 g/mol. The van der Waals surface area contributed by atoms with Gasteiger partial charge >= 0.3 is 5.97 Å². The number of Topliss-reactive ketones (excluding diaryl/α,β-unsaturated/α-hetero) is 1. The molecule has 0 atom stereocenters. The predicted molar refractivity (Wildman–Crippen MR) is 86.0 cm³/mol. The van der Waals surface area contributed by atoms with Crippen LogP contribution in [0, 0.1) is 10.1 Å². The molecule has 0 saturated heterocycles. The topological polar surface area (TPSA) is 107 Å². The number of benzene rings is 2. The van der Waals surface area contributed by atoms with E-state index in [1.165, 1.54) is 30.3 Å². The number of carboxylic acid groups (broad SMARTS) is 1. The van der Waals surface area contributed by atoms with Crippen LogP contribution in [0.3, 0.4) is 0 Å². The van der Waals surface area contributed by atoms with E-state index in [-0.39, 0.29) is 17.9 Å². The molecule has 0 unspecified atom stereocenters. The summed E-state index contributed by atoms with van der Waals surface area (Å²) >= 11 is 0. The summed E-state index contributed by atoms with van der Waals surface area (Å²) in [4.78, 5) is 32.7. The van der Waals surface area contributed by atoms with E-state index < -0.39 is 16.7 Å². The maximum absolute atomic E-state index is 12.1. The minimum atomic E-state index is -1.07. The highest BCUT2D eigenvalue weighted by Gasteiger charge is 2.12. The highest BCUT2D eigenvalue weighted by molar-refractivity contribution is 5.97. The van der Waals surface area contributed by atoms with E-state index in [1.54, 1.807) is 24.3 Å². The number of aliphatic carboxylic acids is 1. The van der Waals surface area contributed by atoms with Gasteiger partial charge in [0.25, 0.3) is 5.69 Å². The van der Waals surface area contributed by atoms with Crippen LogP contribution in [0.15, 0.2) is 54.6 Å². The van der Waals surface area contributed by atoms with Crippen LogP contribution in [-0.4, -0.2) is 28.4 Å². The van der Waals surface area contributed by atoms with Gasteiger partial charge in [-0.1, -0.05) is 24.3 Å². The third-order valence-electron chi connectivity index (χ3n) is 3.03. The average molecular weight is 327 g/mol. The monoisotopic (exact) mass is 327 g/mol. The van der Waals surface area contributed by atoms with E-state index in [0.717, 1.165) is 6.08 Å². The number of carbonyl (C=O) groups excluding carboxylic acids is 1. The number of rotatable bonds is 7. The predicted octanol–water partition coefficient (Wildman–Crippen LogP) is 2.95. The van der Waals surface area contributed by atoms with Crippen molar-refractivity contribution in [3.05, 3.63) is 75.8 Å². The lowest BCUT2D eigenvalue weighted by atomic mass is 10.1. The summed E-state index contributed by atoms with van der Waals surface area (Å²) in [5.41, 5.74) is 0.630. The number of ketones is 1. The lowest BCUT2D eigenvalue weighted by molar-refractivity contribution is -0.384. The molecule has 0 heterocycles. The lowest BCUT2D eigenvalue weighted by Crippen LogP contribution is -2.11. The number of hydrogen-bond donors (Lipinski definition) is 1. The normalized spacial score (nSPS) is 10.5. The molecule has 7 heteroatoms. The molecule has 0 saturated carbocycles. The Morgan fingerprint density at radius 3 is 2.62 bits per heavy atom. The molecule has 2 rings (SSSR count). The first-order valence-corrected chi connectivity index (χ1v) is 6.87. The fraction of sp³-hybridized carbons (Fsp3) is 0.0588. The molecule has 1 N–H and O–H groups in total. The van der Waals surface area contributed by atoms with Crippen molar-refractivity contribution in [2.24, 2.45) is 0 Å². The van der Waals surface area contributed by atoms with Gasteiger partial charge in [-0.2, -0.15) is 0 Å². The second-order valence-electron chi connectivity index (χ2n) is 4.76. The molecule has 0 fully saturated rings. The minimum Gasteiger partial charge on any atom is -0.485 e. The maximum Gasteiger partial charge on any atom is 0.328 e. The fourth-order valence-corrected chi connectivity index (χ4v) is 1.90. The molecule has 2 aromatic rings. The molecule has 0 aromatic heterocycles. The number of ether oxygens (including phenoxy) is 1. The van der Waals surface area contributed by atoms with Gasteiger partial charge in [-0.15, -0.1) is 0 Å². The Hall–Kier alpha value is -3.48. The molecule has 0 aliphatic heterocycles. The number of hydrogen-bond acceptors (Lipinski definition) is 5. The van der Waals surface area contributed by atoms with Crippen LogP contribution in [0.2, 0.25) is 0 Å². The molecule has 0 bridgehead atoms. The number of non-ortho nitro benzene ring substituents is 1. The smallest absolute Gasteiger partial charge is 0.328 e. The van der Waals surface area contributed by atoms with Crippen molar-refractivity contribution < 1.29 is 24.4 Å². The summed E-state index contributed by atoms with van der Waals surface area (Å²) < 4.78 is 5.37. The van der Waals surface area contributed by atoms with E-state index in [2.05, 4.69) is 0 Å². The van der Waals surface area contributed by atoms with Gasteiger partial charge in [-0.25, -0.2) is 4.79 Å². The molecular formula is C17H13NO6. The van der Waals surface area contributed by atoms with E-state index >= 15 is 0 Å². The summed E-state index contributed by atoms with van der Waals surface area (Å²) in [6.45, 7) is -0.284. The zero-order chi connectivity index (χ0) is 17.5. The Kier molecular flexibility index (Phi) is 5.40. The van der Waals surface area contributed by atoms with Crippen molar-refractivity contribution >= 4 is 23.5 Å². The van der Waals surface area contributed by atoms with Crippen molar-refractivity contribution in [3.8, 4) is 5.75 Å². The summed E-state index contributed by atoms with van der Waals surface area (Å²) in [6, 6.07) is 12.0. The van der Waals surface area contributed by atoms with Crippen molar-refractivity contribution in [2.45, 2.75) is 0 Å². The van der Waals surface area contributed by atoms with E-state index in [1.807, 2.05) is 0 Å². The second-order valence-corrected chi connectivity index (χ2v) is 4.76. The van der Waals surface area contributed by atoms with Crippen LogP contribution in [0.1, 0.15) is 15.9 Å². The van der Waals surface area contributed by atoms with Crippen LogP contribution in [0.5, 0.6) is 5.75 Å². The van der Waals surface area contributed by atoms with Gasteiger partial charge in [0.05, 0.1) is 4.92 Å².